The van der Waals surface area contributed by atoms with Gasteiger partial charge in [-0.1, -0.05) is 18.2 Å². The number of hydrogen-bond acceptors (Lipinski definition) is 5. The second-order valence-corrected chi connectivity index (χ2v) is 5.37. The van der Waals surface area contributed by atoms with Crippen molar-refractivity contribution in [2.24, 2.45) is 0 Å². The first kappa shape index (κ1) is 15.4. The first-order chi connectivity index (χ1) is 10.1. The second kappa shape index (κ2) is 6.67. The number of furan rings is 1. The molecule has 1 N–H and O–H groups in total. The molecule has 1 atom stereocenters. The predicted molar refractivity (Wildman–Crippen MR) is 82.4 cm³/mol. The number of hydrogen-bond donors (Lipinski definition) is 1. The van der Waals surface area contributed by atoms with E-state index in [4.69, 9.17) is 9.15 Å². The molecule has 0 saturated heterocycles. The van der Waals surface area contributed by atoms with Crippen LogP contribution < -0.4 is 5.32 Å². The Hall–Kier alpha value is -1.95. The maximum absolute atomic E-state index is 12.2. The number of ether oxygens (including phenoxy) is 1. The molecule has 0 radical (unpaired) electrons. The molecule has 0 unspecified atom stereocenters. The van der Waals surface area contributed by atoms with Crippen LogP contribution in [0.5, 0.6) is 0 Å². The summed E-state index contributed by atoms with van der Waals surface area (Å²) in [6.07, 6.45) is 1.09. The van der Waals surface area contributed by atoms with Gasteiger partial charge < -0.3 is 14.5 Å². The first-order valence-electron chi connectivity index (χ1n) is 6.50. The van der Waals surface area contributed by atoms with Crippen molar-refractivity contribution in [3.63, 3.8) is 0 Å². The van der Waals surface area contributed by atoms with E-state index in [9.17, 15) is 9.59 Å². The van der Waals surface area contributed by atoms with E-state index in [0.29, 0.717) is 11.3 Å². The number of para-hydroxylation sites is 1. The summed E-state index contributed by atoms with van der Waals surface area (Å²) in [7, 11) is 1.49. The molecule has 0 fully saturated rings. The van der Waals surface area contributed by atoms with E-state index in [1.807, 2.05) is 24.5 Å². The lowest BCUT2D eigenvalue weighted by Gasteiger charge is -2.10. The molecule has 1 amide bonds. The minimum atomic E-state index is -0.863. The number of carbonyl (C=O) groups excluding carboxylic acids is 2. The number of thioether (sulfide) groups is 1. The van der Waals surface area contributed by atoms with Gasteiger partial charge in [0.25, 0.3) is 5.91 Å². The number of likely N-dealkylation sites (N-methyl/N-ethyl adjacent to an activating group) is 1. The third-order valence-electron chi connectivity index (χ3n) is 3.07. The van der Waals surface area contributed by atoms with E-state index in [1.165, 1.54) is 14.0 Å². The molecule has 5 nitrogen and oxygen atoms in total. The van der Waals surface area contributed by atoms with Crippen molar-refractivity contribution in [2.45, 2.75) is 18.8 Å². The zero-order chi connectivity index (χ0) is 15.4. The molecule has 1 aromatic heterocycles. The summed E-state index contributed by atoms with van der Waals surface area (Å²) in [5, 5.41) is 3.33. The Labute approximate surface area is 127 Å². The number of amides is 1. The maximum atomic E-state index is 12.2. The van der Waals surface area contributed by atoms with Gasteiger partial charge in [0.05, 0.1) is 0 Å². The largest absolute Gasteiger partial charge is 0.449 e. The predicted octanol–water partition coefficient (Wildman–Crippen LogP) is 2.59. The van der Waals surface area contributed by atoms with Gasteiger partial charge in [-0.2, -0.15) is 11.8 Å². The van der Waals surface area contributed by atoms with Crippen molar-refractivity contribution in [3.05, 3.63) is 35.6 Å². The fourth-order valence-corrected chi connectivity index (χ4v) is 2.60. The van der Waals surface area contributed by atoms with Crippen LogP contribution >= 0.6 is 11.8 Å². The van der Waals surface area contributed by atoms with Crippen LogP contribution in [0.2, 0.25) is 0 Å². The zero-order valence-corrected chi connectivity index (χ0v) is 13.0. The number of fused-ring (bicyclic) bond motifs is 1. The van der Waals surface area contributed by atoms with E-state index in [0.717, 1.165) is 10.9 Å². The van der Waals surface area contributed by atoms with Crippen LogP contribution in [0.4, 0.5) is 0 Å². The van der Waals surface area contributed by atoms with E-state index in [-0.39, 0.29) is 11.7 Å². The van der Waals surface area contributed by atoms with Gasteiger partial charge in [0.2, 0.25) is 5.76 Å². The Morgan fingerprint density at radius 2 is 2.10 bits per heavy atom. The molecule has 1 heterocycles. The van der Waals surface area contributed by atoms with E-state index in [2.05, 4.69) is 5.32 Å². The lowest BCUT2D eigenvalue weighted by atomic mass is 10.1. The quantitative estimate of drug-likeness (QED) is 0.860. The molecule has 21 heavy (non-hydrogen) atoms. The molecule has 0 bridgehead atoms. The van der Waals surface area contributed by atoms with Crippen LogP contribution in [0, 0.1) is 0 Å². The van der Waals surface area contributed by atoms with Crippen molar-refractivity contribution in [1.82, 2.24) is 5.32 Å². The lowest BCUT2D eigenvalue weighted by Crippen LogP contribution is -2.33. The third-order valence-corrected chi connectivity index (χ3v) is 3.65. The molecule has 0 spiro atoms. The number of rotatable bonds is 5. The summed E-state index contributed by atoms with van der Waals surface area (Å²) >= 11 is 1.59. The normalized spacial score (nSPS) is 12.1. The Kier molecular flexibility index (Phi) is 4.90. The number of benzene rings is 1. The van der Waals surface area contributed by atoms with Crippen LogP contribution in [0.1, 0.15) is 23.0 Å². The molecule has 1 aromatic carbocycles. The highest BCUT2D eigenvalue weighted by molar-refractivity contribution is 7.97. The van der Waals surface area contributed by atoms with E-state index in [1.54, 1.807) is 17.8 Å². The number of carbonyl (C=O) groups is 2. The minimum Gasteiger partial charge on any atom is -0.449 e. The summed E-state index contributed by atoms with van der Waals surface area (Å²) in [6.45, 7) is 1.52. The average molecular weight is 307 g/mol. The zero-order valence-electron chi connectivity index (χ0n) is 12.1. The van der Waals surface area contributed by atoms with E-state index >= 15 is 0 Å². The lowest BCUT2D eigenvalue weighted by molar-refractivity contribution is -0.128. The highest BCUT2D eigenvalue weighted by atomic mass is 32.2. The molecule has 2 rings (SSSR count). The molecule has 0 aliphatic rings. The summed E-state index contributed by atoms with van der Waals surface area (Å²) in [4.78, 5) is 23.7. The van der Waals surface area contributed by atoms with Gasteiger partial charge in [-0.15, -0.1) is 0 Å². The fourth-order valence-electron chi connectivity index (χ4n) is 2.02. The Morgan fingerprint density at radius 3 is 2.76 bits per heavy atom. The highest BCUT2D eigenvalue weighted by Gasteiger charge is 2.25. The van der Waals surface area contributed by atoms with Crippen LogP contribution in [-0.2, 0) is 15.3 Å². The Balaban J connectivity index is 2.34. The van der Waals surface area contributed by atoms with Gasteiger partial charge >= 0.3 is 5.97 Å². The van der Waals surface area contributed by atoms with Crippen molar-refractivity contribution in [1.29, 1.82) is 0 Å². The molecule has 0 saturated carbocycles. The smallest absolute Gasteiger partial charge is 0.375 e. The molecular weight excluding hydrogens is 290 g/mol. The molecule has 112 valence electrons. The van der Waals surface area contributed by atoms with Crippen molar-refractivity contribution < 1.29 is 18.7 Å². The Bertz CT molecular complexity index is 665. The van der Waals surface area contributed by atoms with E-state index < -0.39 is 12.1 Å². The third kappa shape index (κ3) is 3.21. The fraction of sp³-hybridized carbons (Fsp3) is 0.333. The van der Waals surface area contributed by atoms with Crippen LogP contribution in [0.15, 0.2) is 28.7 Å². The molecular formula is C15H17NO4S. The summed E-state index contributed by atoms with van der Waals surface area (Å²) in [5.41, 5.74) is 1.44. The van der Waals surface area contributed by atoms with Crippen molar-refractivity contribution in [2.75, 3.05) is 13.3 Å². The first-order valence-corrected chi connectivity index (χ1v) is 7.89. The molecule has 6 heteroatoms. The van der Waals surface area contributed by atoms with Gasteiger partial charge in [0.1, 0.15) is 5.58 Å². The van der Waals surface area contributed by atoms with Crippen LogP contribution in [-0.4, -0.2) is 31.3 Å². The summed E-state index contributed by atoms with van der Waals surface area (Å²) in [5.74, 6) is -0.172. The number of esters is 1. The van der Waals surface area contributed by atoms with Gasteiger partial charge in [0.15, 0.2) is 6.10 Å². The minimum absolute atomic E-state index is 0.168. The standard InChI is InChI=1S/C15H17NO4S/c1-9(14(17)16-2)19-15(18)13-11(8-21-3)10-6-4-5-7-12(10)20-13/h4-7,9H,8H2,1-3H3,(H,16,17)/t9-/m1/s1. The summed E-state index contributed by atoms with van der Waals surface area (Å²) in [6, 6.07) is 7.45. The number of nitrogens with one attached hydrogen (secondary N) is 1. The van der Waals surface area contributed by atoms with Gasteiger partial charge in [0, 0.05) is 23.8 Å². The summed E-state index contributed by atoms with van der Waals surface area (Å²) < 4.78 is 10.8. The molecule has 2 aromatic rings. The van der Waals surface area contributed by atoms with Gasteiger partial charge in [-0.05, 0) is 19.2 Å². The van der Waals surface area contributed by atoms with Crippen molar-refractivity contribution >= 4 is 34.6 Å². The SMILES string of the molecule is CNC(=O)[C@@H](C)OC(=O)c1oc2ccccc2c1CSC. The molecule has 0 aliphatic carbocycles. The van der Waals surface area contributed by atoms with Gasteiger partial charge in [-0.25, -0.2) is 4.79 Å². The second-order valence-electron chi connectivity index (χ2n) is 4.50. The van der Waals surface area contributed by atoms with Crippen LogP contribution in [0.25, 0.3) is 11.0 Å². The Morgan fingerprint density at radius 1 is 1.38 bits per heavy atom. The monoisotopic (exact) mass is 307 g/mol. The van der Waals surface area contributed by atoms with Crippen molar-refractivity contribution in [3.8, 4) is 0 Å². The van der Waals surface area contributed by atoms with Crippen LogP contribution in [0.3, 0.4) is 0 Å². The highest BCUT2D eigenvalue weighted by Crippen LogP contribution is 2.29. The van der Waals surface area contributed by atoms with Gasteiger partial charge in [-0.3, -0.25) is 4.79 Å². The topological polar surface area (TPSA) is 68.5 Å². The average Bonchev–Trinajstić information content (AvgIpc) is 2.86. The maximum Gasteiger partial charge on any atom is 0.375 e. The molecule has 0 aliphatic heterocycles.